The molecule has 14 heavy (non-hydrogen) atoms. The average molecular weight is 324 g/mol. The number of hydrogen-bond acceptors (Lipinski definition) is 2. The molecule has 0 bridgehead atoms. The SMILES string of the molecule is Brc1cn(CC2CCOCC2)c(Br)n1. The van der Waals surface area contributed by atoms with E-state index in [1.165, 1.54) is 0 Å². The lowest BCUT2D eigenvalue weighted by molar-refractivity contribution is 0.0610. The molecule has 0 N–H and O–H groups in total. The summed E-state index contributed by atoms with van der Waals surface area (Å²) in [4.78, 5) is 4.24. The highest BCUT2D eigenvalue weighted by molar-refractivity contribution is 9.11. The van der Waals surface area contributed by atoms with Crippen LogP contribution in [0.25, 0.3) is 0 Å². The minimum atomic E-state index is 0.723. The molecule has 1 aromatic heterocycles. The van der Waals surface area contributed by atoms with Crippen LogP contribution in [0.5, 0.6) is 0 Å². The van der Waals surface area contributed by atoms with Crippen molar-refractivity contribution in [1.29, 1.82) is 0 Å². The van der Waals surface area contributed by atoms with Crippen molar-refractivity contribution in [3.63, 3.8) is 0 Å². The molecule has 0 amide bonds. The van der Waals surface area contributed by atoms with E-state index in [4.69, 9.17) is 4.74 Å². The second-order valence-electron chi connectivity index (χ2n) is 3.54. The Balaban J connectivity index is 1.98. The molecule has 78 valence electrons. The molecule has 1 saturated heterocycles. The lowest BCUT2D eigenvalue weighted by Gasteiger charge is -2.22. The van der Waals surface area contributed by atoms with Gasteiger partial charge in [-0.1, -0.05) is 0 Å². The average Bonchev–Trinajstić information content (AvgIpc) is 2.47. The van der Waals surface area contributed by atoms with Crippen LogP contribution in [0.4, 0.5) is 0 Å². The lowest BCUT2D eigenvalue weighted by atomic mass is 10.0. The number of hydrogen-bond donors (Lipinski definition) is 0. The molecule has 2 rings (SSSR count). The number of ether oxygens (including phenoxy) is 1. The van der Waals surface area contributed by atoms with Gasteiger partial charge in [-0.15, -0.1) is 0 Å². The molecule has 3 nitrogen and oxygen atoms in total. The van der Waals surface area contributed by atoms with Gasteiger partial charge < -0.3 is 9.30 Å². The summed E-state index contributed by atoms with van der Waals surface area (Å²) in [5.74, 6) is 0.723. The highest BCUT2D eigenvalue weighted by Gasteiger charge is 2.15. The molecule has 0 atom stereocenters. The van der Waals surface area contributed by atoms with Crippen molar-refractivity contribution in [3.8, 4) is 0 Å². The van der Waals surface area contributed by atoms with Crippen molar-refractivity contribution in [1.82, 2.24) is 9.55 Å². The fraction of sp³-hybridized carbons (Fsp3) is 0.667. The first kappa shape index (κ1) is 10.6. The van der Waals surface area contributed by atoms with Gasteiger partial charge in [0.1, 0.15) is 4.60 Å². The van der Waals surface area contributed by atoms with E-state index >= 15 is 0 Å². The molecule has 0 aliphatic carbocycles. The Morgan fingerprint density at radius 3 is 2.71 bits per heavy atom. The van der Waals surface area contributed by atoms with Crippen LogP contribution in [-0.4, -0.2) is 22.8 Å². The number of halogens is 2. The molecular formula is C9H12Br2N2O. The third kappa shape index (κ3) is 2.58. The number of imidazole rings is 1. The predicted molar refractivity (Wildman–Crippen MR) is 61.2 cm³/mol. The molecule has 1 aromatic rings. The first-order valence-corrected chi connectivity index (χ1v) is 6.30. The number of aromatic nitrogens is 2. The molecule has 0 spiro atoms. The van der Waals surface area contributed by atoms with Gasteiger partial charge in [0.2, 0.25) is 0 Å². The minimum Gasteiger partial charge on any atom is -0.381 e. The Morgan fingerprint density at radius 1 is 1.43 bits per heavy atom. The van der Waals surface area contributed by atoms with Crippen LogP contribution in [-0.2, 0) is 11.3 Å². The van der Waals surface area contributed by atoms with Crippen molar-refractivity contribution in [2.75, 3.05) is 13.2 Å². The molecular weight excluding hydrogens is 312 g/mol. The number of nitrogens with zero attached hydrogens (tertiary/aromatic N) is 2. The first-order chi connectivity index (χ1) is 6.75. The Bertz CT molecular complexity index is 308. The zero-order chi connectivity index (χ0) is 9.97. The molecule has 0 unspecified atom stereocenters. The monoisotopic (exact) mass is 322 g/mol. The van der Waals surface area contributed by atoms with E-state index in [0.717, 1.165) is 47.9 Å². The second-order valence-corrected chi connectivity index (χ2v) is 5.06. The molecule has 1 aliphatic rings. The van der Waals surface area contributed by atoms with Crippen LogP contribution < -0.4 is 0 Å². The van der Waals surface area contributed by atoms with E-state index in [2.05, 4.69) is 41.4 Å². The van der Waals surface area contributed by atoms with Crippen molar-refractivity contribution in [2.24, 2.45) is 5.92 Å². The van der Waals surface area contributed by atoms with Gasteiger partial charge in [0.25, 0.3) is 0 Å². The Morgan fingerprint density at radius 2 is 2.14 bits per heavy atom. The molecule has 1 aliphatic heterocycles. The summed E-state index contributed by atoms with van der Waals surface area (Å²) in [5.41, 5.74) is 0. The van der Waals surface area contributed by atoms with Crippen molar-refractivity contribution >= 4 is 31.9 Å². The summed E-state index contributed by atoms with van der Waals surface area (Å²) < 4.78 is 9.25. The molecule has 1 fully saturated rings. The number of rotatable bonds is 2. The maximum atomic E-state index is 5.33. The standard InChI is InChI=1S/C9H12Br2N2O/c10-8-6-13(9(11)12-8)5-7-1-3-14-4-2-7/h6-7H,1-5H2. The van der Waals surface area contributed by atoms with E-state index in [1.807, 2.05) is 6.20 Å². The second kappa shape index (κ2) is 4.77. The van der Waals surface area contributed by atoms with Crippen LogP contribution in [0.1, 0.15) is 12.8 Å². The quantitative estimate of drug-likeness (QED) is 0.836. The van der Waals surface area contributed by atoms with E-state index in [-0.39, 0.29) is 0 Å². The van der Waals surface area contributed by atoms with Gasteiger partial charge in [0.05, 0.1) is 0 Å². The van der Waals surface area contributed by atoms with Gasteiger partial charge in [0, 0.05) is 26.0 Å². The molecule has 0 aromatic carbocycles. The highest BCUT2D eigenvalue weighted by Crippen LogP contribution is 2.21. The molecule has 0 radical (unpaired) electrons. The predicted octanol–water partition coefficient (Wildman–Crippen LogP) is 2.83. The van der Waals surface area contributed by atoms with Crippen LogP contribution in [0.3, 0.4) is 0 Å². The van der Waals surface area contributed by atoms with E-state index < -0.39 is 0 Å². The normalized spacial score (nSPS) is 18.7. The lowest BCUT2D eigenvalue weighted by Crippen LogP contribution is -2.20. The van der Waals surface area contributed by atoms with Gasteiger partial charge in [-0.25, -0.2) is 4.98 Å². The Kier molecular flexibility index (Phi) is 3.62. The van der Waals surface area contributed by atoms with E-state index in [9.17, 15) is 0 Å². The Labute approximate surface area is 100 Å². The summed E-state index contributed by atoms with van der Waals surface area (Å²) in [6.45, 7) is 2.83. The van der Waals surface area contributed by atoms with Gasteiger partial charge in [-0.05, 0) is 50.6 Å². The highest BCUT2D eigenvalue weighted by atomic mass is 79.9. The first-order valence-electron chi connectivity index (χ1n) is 4.71. The Hall–Kier alpha value is 0.130. The van der Waals surface area contributed by atoms with Gasteiger partial charge in [-0.3, -0.25) is 0 Å². The van der Waals surface area contributed by atoms with Crippen LogP contribution in [0, 0.1) is 5.92 Å². The summed E-state index contributed by atoms with van der Waals surface area (Å²) >= 11 is 6.80. The topological polar surface area (TPSA) is 27.1 Å². The molecule has 0 saturated carbocycles. The fourth-order valence-corrected chi connectivity index (χ4v) is 2.79. The van der Waals surface area contributed by atoms with Crippen LogP contribution in [0.2, 0.25) is 0 Å². The van der Waals surface area contributed by atoms with Crippen LogP contribution in [0.15, 0.2) is 15.5 Å². The summed E-state index contributed by atoms with van der Waals surface area (Å²) in [5, 5.41) is 0. The van der Waals surface area contributed by atoms with Gasteiger partial charge >= 0.3 is 0 Å². The maximum absolute atomic E-state index is 5.33. The molecule has 2 heterocycles. The zero-order valence-corrected chi connectivity index (χ0v) is 10.9. The summed E-state index contributed by atoms with van der Waals surface area (Å²) in [6.07, 6.45) is 4.32. The van der Waals surface area contributed by atoms with Gasteiger partial charge in [-0.2, -0.15) is 0 Å². The summed E-state index contributed by atoms with van der Waals surface area (Å²) in [7, 11) is 0. The van der Waals surface area contributed by atoms with Crippen molar-refractivity contribution in [3.05, 3.63) is 15.5 Å². The maximum Gasteiger partial charge on any atom is 0.178 e. The largest absolute Gasteiger partial charge is 0.381 e. The van der Waals surface area contributed by atoms with Gasteiger partial charge in [0.15, 0.2) is 4.73 Å². The van der Waals surface area contributed by atoms with Crippen molar-refractivity contribution < 1.29 is 4.74 Å². The third-order valence-electron chi connectivity index (χ3n) is 2.49. The van der Waals surface area contributed by atoms with E-state index in [1.54, 1.807) is 0 Å². The third-order valence-corrected chi connectivity index (χ3v) is 3.51. The van der Waals surface area contributed by atoms with Crippen molar-refractivity contribution in [2.45, 2.75) is 19.4 Å². The van der Waals surface area contributed by atoms with E-state index in [0.29, 0.717) is 0 Å². The zero-order valence-electron chi connectivity index (χ0n) is 7.75. The molecule has 5 heteroatoms. The minimum absolute atomic E-state index is 0.723. The smallest absolute Gasteiger partial charge is 0.178 e. The summed E-state index contributed by atoms with van der Waals surface area (Å²) in [6, 6.07) is 0. The fourth-order valence-electron chi connectivity index (χ4n) is 1.70. The van der Waals surface area contributed by atoms with Crippen LogP contribution >= 0.6 is 31.9 Å².